The van der Waals surface area contributed by atoms with E-state index >= 15 is 0 Å². The van der Waals surface area contributed by atoms with E-state index in [0.717, 1.165) is 38.9 Å². The van der Waals surface area contributed by atoms with Gasteiger partial charge in [0.05, 0.1) is 6.10 Å². The van der Waals surface area contributed by atoms with Gasteiger partial charge >= 0.3 is 0 Å². The van der Waals surface area contributed by atoms with Crippen molar-refractivity contribution in [3.63, 3.8) is 0 Å². The molecule has 0 amide bonds. The van der Waals surface area contributed by atoms with Gasteiger partial charge in [-0.15, -0.1) is 24.8 Å². The number of piperidine rings is 3. The summed E-state index contributed by atoms with van der Waals surface area (Å²) in [5.74, 6) is 0. The number of hydrogen-bond donors (Lipinski definition) is 2. The predicted octanol–water partition coefficient (Wildman–Crippen LogP) is 0.635. The maximum Gasteiger partial charge on any atom is 0.0719 e. The molecule has 3 rings (SSSR count). The second-order valence-electron chi connectivity index (χ2n) is 4.21. The lowest BCUT2D eigenvalue weighted by molar-refractivity contribution is -0.0642. The first-order valence-corrected chi connectivity index (χ1v) is 4.87. The number of hydrogen-bond acceptors (Lipinski definition) is 3. The highest BCUT2D eigenvalue weighted by molar-refractivity contribution is 5.85. The van der Waals surface area contributed by atoms with Crippen LogP contribution in [0.4, 0.5) is 0 Å². The Morgan fingerprint density at radius 1 is 1.14 bits per heavy atom. The van der Waals surface area contributed by atoms with E-state index in [1.165, 1.54) is 0 Å². The van der Waals surface area contributed by atoms with Crippen LogP contribution in [0.2, 0.25) is 0 Å². The molecule has 3 heterocycles. The van der Waals surface area contributed by atoms with E-state index in [9.17, 15) is 5.11 Å². The van der Waals surface area contributed by atoms with Gasteiger partial charge in [0.1, 0.15) is 0 Å². The minimum absolute atomic E-state index is 0. The highest BCUT2D eigenvalue weighted by Crippen LogP contribution is 2.42. The van der Waals surface area contributed by atoms with Crippen LogP contribution in [0, 0.1) is 5.41 Å². The van der Waals surface area contributed by atoms with Gasteiger partial charge in [-0.25, -0.2) is 0 Å². The van der Waals surface area contributed by atoms with E-state index in [-0.39, 0.29) is 36.3 Å². The third-order valence-electron chi connectivity index (χ3n) is 3.71. The Labute approximate surface area is 97.8 Å². The molecule has 1 unspecified atom stereocenters. The molecule has 0 radical (unpaired) electrons. The molecule has 0 aromatic carbocycles. The number of halogens is 2. The van der Waals surface area contributed by atoms with Crippen molar-refractivity contribution < 1.29 is 5.11 Å². The maximum atomic E-state index is 9.81. The van der Waals surface area contributed by atoms with Crippen LogP contribution in [0.15, 0.2) is 0 Å². The molecule has 3 saturated heterocycles. The van der Waals surface area contributed by atoms with Crippen LogP contribution in [0.25, 0.3) is 0 Å². The molecule has 14 heavy (non-hydrogen) atoms. The monoisotopic (exact) mass is 242 g/mol. The zero-order chi connectivity index (χ0) is 8.60. The topological polar surface area (TPSA) is 49.5 Å². The summed E-state index contributed by atoms with van der Waals surface area (Å²) in [7, 11) is 0. The summed E-state index contributed by atoms with van der Waals surface area (Å²) in [4.78, 5) is 2.48. The molecule has 0 saturated carbocycles. The van der Waals surface area contributed by atoms with Gasteiger partial charge in [-0.3, -0.25) is 0 Å². The molecule has 5 heteroatoms. The molecule has 3 nitrogen and oxygen atoms in total. The molecule has 0 spiro atoms. The van der Waals surface area contributed by atoms with E-state index in [0.29, 0.717) is 6.54 Å². The van der Waals surface area contributed by atoms with Crippen molar-refractivity contribution in [1.29, 1.82) is 0 Å². The van der Waals surface area contributed by atoms with Crippen LogP contribution in [0.1, 0.15) is 19.3 Å². The van der Waals surface area contributed by atoms with Crippen LogP contribution in [0.5, 0.6) is 0 Å². The number of nitrogens with two attached hydrogens (primary N) is 1. The van der Waals surface area contributed by atoms with Gasteiger partial charge in [-0.1, -0.05) is 0 Å². The van der Waals surface area contributed by atoms with E-state index in [4.69, 9.17) is 5.73 Å². The molecule has 3 N–H and O–H groups in total. The first-order chi connectivity index (χ1) is 5.77. The fourth-order valence-electron chi connectivity index (χ4n) is 2.60. The summed E-state index contributed by atoms with van der Waals surface area (Å²) in [6.45, 7) is 3.92. The highest BCUT2D eigenvalue weighted by atomic mass is 35.5. The first-order valence-electron chi connectivity index (χ1n) is 4.87. The zero-order valence-electron chi connectivity index (χ0n) is 8.32. The largest absolute Gasteiger partial charge is 0.391 e. The summed E-state index contributed by atoms with van der Waals surface area (Å²) in [5.41, 5.74) is 5.70. The van der Waals surface area contributed by atoms with Gasteiger partial charge in [-0.05, 0) is 38.9 Å². The fraction of sp³-hybridized carbons (Fsp3) is 1.00. The molecule has 86 valence electrons. The normalized spacial score (nSPS) is 36.9. The van der Waals surface area contributed by atoms with Crippen LogP contribution in [-0.2, 0) is 0 Å². The number of rotatable bonds is 2. The third kappa shape index (κ3) is 2.34. The molecule has 0 aliphatic carbocycles. The summed E-state index contributed by atoms with van der Waals surface area (Å²) < 4.78 is 0. The first kappa shape index (κ1) is 14.5. The quantitative estimate of drug-likeness (QED) is 0.748. The Kier molecular flexibility index (Phi) is 5.70. The van der Waals surface area contributed by atoms with Crippen molar-refractivity contribution in [2.45, 2.75) is 25.4 Å². The van der Waals surface area contributed by atoms with Gasteiger partial charge in [0.25, 0.3) is 0 Å². The zero-order valence-corrected chi connectivity index (χ0v) is 9.95. The number of nitrogens with zero attached hydrogens (tertiary/aromatic N) is 1. The van der Waals surface area contributed by atoms with Crippen LogP contribution in [0.3, 0.4) is 0 Å². The molecule has 0 aromatic heterocycles. The number of aliphatic hydroxyl groups is 1. The van der Waals surface area contributed by atoms with Gasteiger partial charge in [0.15, 0.2) is 0 Å². The standard InChI is InChI=1S/C9H18N2O.2ClH/c10-7-8(12)9-1-4-11(5-2-9)6-3-9;;/h8,12H,1-7,10H2;2*1H. The molecule has 3 fully saturated rings. The predicted molar refractivity (Wildman–Crippen MR) is 62.3 cm³/mol. The lowest BCUT2D eigenvalue weighted by atomic mass is 9.68. The molecule has 0 aromatic rings. The Morgan fingerprint density at radius 3 is 1.93 bits per heavy atom. The van der Waals surface area contributed by atoms with Crippen LogP contribution in [-0.4, -0.2) is 42.3 Å². The molecule has 1 atom stereocenters. The summed E-state index contributed by atoms with van der Waals surface area (Å²) >= 11 is 0. The molecular formula is C9H20Cl2N2O. The summed E-state index contributed by atoms with van der Waals surface area (Å²) in [6.07, 6.45) is 3.17. The summed E-state index contributed by atoms with van der Waals surface area (Å²) in [5, 5.41) is 9.81. The van der Waals surface area contributed by atoms with Crippen LogP contribution >= 0.6 is 24.8 Å². The Bertz CT molecular complexity index is 158. The lowest BCUT2D eigenvalue weighted by Crippen LogP contribution is -2.54. The smallest absolute Gasteiger partial charge is 0.0719 e. The van der Waals surface area contributed by atoms with Crippen molar-refractivity contribution in [3.8, 4) is 0 Å². The molecule has 3 aliphatic rings. The SMILES string of the molecule is Cl.Cl.NCC(O)C12CCN(CC1)CC2. The Hall–Kier alpha value is 0.460. The van der Waals surface area contributed by atoms with Crippen molar-refractivity contribution in [2.24, 2.45) is 11.1 Å². The Morgan fingerprint density at radius 2 is 1.57 bits per heavy atom. The third-order valence-corrected chi connectivity index (χ3v) is 3.71. The summed E-state index contributed by atoms with van der Waals surface area (Å²) in [6, 6.07) is 0. The minimum Gasteiger partial charge on any atom is -0.391 e. The van der Waals surface area contributed by atoms with Crippen molar-refractivity contribution in [2.75, 3.05) is 26.2 Å². The second-order valence-corrected chi connectivity index (χ2v) is 4.21. The van der Waals surface area contributed by atoms with E-state index in [1.54, 1.807) is 0 Å². The van der Waals surface area contributed by atoms with Crippen molar-refractivity contribution >= 4 is 24.8 Å². The highest BCUT2D eigenvalue weighted by Gasteiger charge is 2.43. The lowest BCUT2D eigenvalue weighted by Gasteiger charge is -2.50. The molecule has 2 bridgehead atoms. The number of aliphatic hydroxyl groups excluding tert-OH is 1. The van der Waals surface area contributed by atoms with E-state index in [1.807, 2.05) is 0 Å². The van der Waals surface area contributed by atoms with Crippen LogP contribution < -0.4 is 5.73 Å². The molecule has 3 aliphatic heterocycles. The maximum absolute atomic E-state index is 9.81. The van der Waals surface area contributed by atoms with Gasteiger partial charge in [-0.2, -0.15) is 0 Å². The van der Waals surface area contributed by atoms with Crippen molar-refractivity contribution in [3.05, 3.63) is 0 Å². The van der Waals surface area contributed by atoms with E-state index in [2.05, 4.69) is 4.90 Å². The Balaban J connectivity index is 0.000000845. The van der Waals surface area contributed by atoms with Gasteiger partial charge in [0.2, 0.25) is 0 Å². The second kappa shape index (κ2) is 5.52. The van der Waals surface area contributed by atoms with Crippen molar-refractivity contribution in [1.82, 2.24) is 4.90 Å². The number of fused-ring (bicyclic) bond motifs is 3. The fourth-order valence-corrected chi connectivity index (χ4v) is 2.60. The van der Waals surface area contributed by atoms with Gasteiger partial charge in [0, 0.05) is 12.0 Å². The minimum atomic E-state index is -0.264. The average molecular weight is 243 g/mol. The van der Waals surface area contributed by atoms with Gasteiger partial charge < -0.3 is 15.7 Å². The van der Waals surface area contributed by atoms with E-state index < -0.39 is 0 Å². The molecular weight excluding hydrogens is 223 g/mol. The average Bonchev–Trinajstić information content (AvgIpc) is 2.19.